The van der Waals surface area contributed by atoms with Crippen molar-refractivity contribution in [3.63, 3.8) is 0 Å². The van der Waals surface area contributed by atoms with E-state index in [1.165, 1.54) is 0 Å². The zero-order valence-corrected chi connectivity index (χ0v) is 9.91. The molecule has 0 spiro atoms. The lowest BCUT2D eigenvalue weighted by Gasteiger charge is -2.54. The van der Waals surface area contributed by atoms with Crippen LogP contribution in [-0.4, -0.2) is 34.4 Å². The Labute approximate surface area is 90.8 Å². The van der Waals surface area contributed by atoms with Gasteiger partial charge in [0, 0.05) is 18.5 Å². The fourth-order valence-electron chi connectivity index (χ4n) is 2.51. The van der Waals surface area contributed by atoms with Crippen LogP contribution in [0.3, 0.4) is 0 Å². The molecular weight excluding hydrogens is 196 g/mol. The SMILES string of the molecule is CC1(C)C[C@]2(C)OCCCN2C(=S)N1. The third kappa shape index (κ3) is 1.61. The molecule has 0 aliphatic carbocycles. The van der Waals surface area contributed by atoms with Gasteiger partial charge < -0.3 is 15.0 Å². The van der Waals surface area contributed by atoms with Crippen LogP contribution in [0.4, 0.5) is 0 Å². The van der Waals surface area contributed by atoms with Gasteiger partial charge in [-0.15, -0.1) is 0 Å². The molecule has 0 bridgehead atoms. The molecule has 0 aromatic heterocycles. The third-order valence-electron chi connectivity index (χ3n) is 2.97. The largest absolute Gasteiger partial charge is 0.357 e. The van der Waals surface area contributed by atoms with Gasteiger partial charge in [0.1, 0.15) is 5.72 Å². The zero-order valence-electron chi connectivity index (χ0n) is 9.09. The van der Waals surface area contributed by atoms with E-state index in [1.807, 2.05) is 0 Å². The molecule has 2 saturated heterocycles. The summed E-state index contributed by atoms with van der Waals surface area (Å²) >= 11 is 5.36. The minimum atomic E-state index is -0.190. The van der Waals surface area contributed by atoms with Gasteiger partial charge in [-0.3, -0.25) is 0 Å². The quantitative estimate of drug-likeness (QED) is 0.617. The van der Waals surface area contributed by atoms with Crippen LogP contribution in [0.2, 0.25) is 0 Å². The van der Waals surface area contributed by atoms with Gasteiger partial charge in [-0.25, -0.2) is 0 Å². The van der Waals surface area contributed by atoms with Gasteiger partial charge in [0.15, 0.2) is 5.11 Å². The van der Waals surface area contributed by atoms with Crippen LogP contribution in [0.1, 0.15) is 33.6 Å². The molecule has 1 atom stereocenters. The molecule has 0 radical (unpaired) electrons. The molecule has 0 saturated carbocycles. The van der Waals surface area contributed by atoms with Crippen LogP contribution >= 0.6 is 12.2 Å². The van der Waals surface area contributed by atoms with Crippen molar-refractivity contribution in [2.24, 2.45) is 0 Å². The summed E-state index contributed by atoms with van der Waals surface area (Å²) in [6.07, 6.45) is 2.04. The number of ether oxygens (including phenoxy) is 1. The van der Waals surface area contributed by atoms with E-state index in [-0.39, 0.29) is 11.3 Å². The Morgan fingerprint density at radius 2 is 2.14 bits per heavy atom. The first-order valence-corrected chi connectivity index (χ1v) is 5.58. The van der Waals surface area contributed by atoms with E-state index in [4.69, 9.17) is 17.0 Å². The first-order chi connectivity index (χ1) is 6.43. The van der Waals surface area contributed by atoms with Crippen LogP contribution in [0.15, 0.2) is 0 Å². The first kappa shape index (κ1) is 10.2. The standard InChI is InChI=1S/C10H18N2OS/c1-9(2)7-10(3)12(8(14)11-9)5-4-6-13-10/h4-7H2,1-3H3,(H,11,14)/t10-/m0/s1. The fraction of sp³-hybridized carbons (Fsp3) is 0.900. The highest BCUT2D eigenvalue weighted by molar-refractivity contribution is 7.80. The topological polar surface area (TPSA) is 24.5 Å². The lowest BCUT2D eigenvalue weighted by Crippen LogP contribution is -2.68. The molecule has 2 aliphatic heterocycles. The molecule has 1 N–H and O–H groups in total. The normalized spacial score (nSPS) is 36.2. The molecule has 2 aliphatic rings. The van der Waals surface area contributed by atoms with E-state index in [9.17, 15) is 0 Å². The highest BCUT2D eigenvalue weighted by Gasteiger charge is 2.46. The minimum absolute atomic E-state index is 0.0413. The molecule has 0 aromatic carbocycles. The summed E-state index contributed by atoms with van der Waals surface area (Å²) in [6, 6.07) is 0. The predicted octanol–water partition coefficient (Wildman–Crippen LogP) is 1.48. The van der Waals surface area contributed by atoms with Crippen molar-refractivity contribution in [1.82, 2.24) is 10.2 Å². The van der Waals surface area contributed by atoms with Crippen LogP contribution in [0, 0.1) is 0 Å². The number of fused-ring (bicyclic) bond motifs is 1. The van der Waals surface area contributed by atoms with Crippen molar-refractivity contribution in [2.75, 3.05) is 13.2 Å². The van der Waals surface area contributed by atoms with E-state index >= 15 is 0 Å². The number of hydrogen-bond acceptors (Lipinski definition) is 2. The third-order valence-corrected chi connectivity index (χ3v) is 3.29. The van der Waals surface area contributed by atoms with Crippen molar-refractivity contribution in [1.29, 1.82) is 0 Å². The Bertz CT molecular complexity index is 267. The maximum atomic E-state index is 5.87. The van der Waals surface area contributed by atoms with Gasteiger partial charge in [-0.2, -0.15) is 0 Å². The molecule has 0 unspecified atom stereocenters. The monoisotopic (exact) mass is 214 g/mol. The molecule has 4 heteroatoms. The lowest BCUT2D eigenvalue weighted by atomic mass is 9.89. The Morgan fingerprint density at radius 1 is 1.43 bits per heavy atom. The summed E-state index contributed by atoms with van der Waals surface area (Å²) in [5.41, 5.74) is -0.149. The average molecular weight is 214 g/mol. The molecule has 80 valence electrons. The van der Waals surface area contributed by atoms with Crippen molar-refractivity contribution in [2.45, 2.75) is 44.9 Å². The highest BCUT2D eigenvalue weighted by atomic mass is 32.1. The second kappa shape index (κ2) is 3.07. The predicted molar refractivity (Wildman–Crippen MR) is 60.1 cm³/mol. The molecule has 0 aromatic rings. The van der Waals surface area contributed by atoms with E-state index in [0.717, 1.165) is 31.1 Å². The minimum Gasteiger partial charge on any atom is -0.357 e. The maximum absolute atomic E-state index is 5.87. The summed E-state index contributed by atoms with van der Waals surface area (Å²) in [7, 11) is 0. The molecule has 2 fully saturated rings. The molecule has 3 nitrogen and oxygen atoms in total. The number of rotatable bonds is 0. The zero-order chi connectivity index (χ0) is 10.4. The summed E-state index contributed by atoms with van der Waals surface area (Å²) in [5, 5.41) is 4.19. The fourth-order valence-corrected chi connectivity index (χ4v) is 3.07. The number of thiocarbonyl (C=S) groups is 1. The Kier molecular flexibility index (Phi) is 2.23. The van der Waals surface area contributed by atoms with Gasteiger partial charge in [-0.05, 0) is 39.4 Å². The molecule has 2 rings (SSSR count). The summed E-state index contributed by atoms with van der Waals surface area (Å²) in [6.45, 7) is 8.34. The summed E-state index contributed by atoms with van der Waals surface area (Å²) in [5.74, 6) is 0. The van der Waals surface area contributed by atoms with Gasteiger partial charge in [0.05, 0.1) is 6.61 Å². The molecule has 0 amide bonds. The van der Waals surface area contributed by atoms with E-state index in [1.54, 1.807) is 0 Å². The Balaban J connectivity index is 2.25. The van der Waals surface area contributed by atoms with Crippen LogP contribution in [-0.2, 0) is 4.74 Å². The molecule has 2 heterocycles. The number of nitrogens with zero attached hydrogens (tertiary/aromatic N) is 1. The van der Waals surface area contributed by atoms with Gasteiger partial charge in [0.2, 0.25) is 0 Å². The number of hydrogen-bond donors (Lipinski definition) is 1. The molecule has 14 heavy (non-hydrogen) atoms. The Morgan fingerprint density at radius 3 is 2.86 bits per heavy atom. The summed E-state index contributed by atoms with van der Waals surface area (Å²) in [4.78, 5) is 2.18. The van der Waals surface area contributed by atoms with Crippen LogP contribution in [0.25, 0.3) is 0 Å². The van der Waals surface area contributed by atoms with Crippen LogP contribution < -0.4 is 5.32 Å². The smallest absolute Gasteiger partial charge is 0.171 e. The van der Waals surface area contributed by atoms with Crippen molar-refractivity contribution >= 4 is 17.3 Å². The first-order valence-electron chi connectivity index (χ1n) is 5.17. The Hall–Kier alpha value is -0.350. The summed E-state index contributed by atoms with van der Waals surface area (Å²) < 4.78 is 5.87. The van der Waals surface area contributed by atoms with E-state index in [0.29, 0.717) is 0 Å². The average Bonchev–Trinajstić information content (AvgIpc) is 1.99. The second-order valence-electron chi connectivity index (χ2n) is 5.02. The second-order valence-corrected chi connectivity index (χ2v) is 5.41. The van der Waals surface area contributed by atoms with Gasteiger partial charge >= 0.3 is 0 Å². The van der Waals surface area contributed by atoms with Crippen molar-refractivity contribution < 1.29 is 4.74 Å². The number of nitrogens with one attached hydrogen (secondary N) is 1. The van der Waals surface area contributed by atoms with Crippen LogP contribution in [0.5, 0.6) is 0 Å². The van der Waals surface area contributed by atoms with Crippen molar-refractivity contribution in [3.05, 3.63) is 0 Å². The van der Waals surface area contributed by atoms with E-state index < -0.39 is 0 Å². The molecular formula is C10H18N2OS. The van der Waals surface area contributed by atoms with E-state index in [2.05, 4.69) is 31.0 Å². The lowest BCUT2D eigenvalue weighted by molar-refractivity contribution is -0.166. The maximum Gasteiger partial charge on any atom is 0.171 e. The van der Waals surface area contributed by atoms with Gasteiger partial charge in [0.25, 0.3) is 0 Å². The highest BCUT2D eigenvalue weighted by Crippen LogP contribution is 2.34. The van der Waals surface area contributed by atoms with Gasteiger partial charge in [-0.1, -0.05) is 0 Å². The van der Waals surface area contributed by atoms with Crippen molar-refractivity contribution in [3.8, 4) is 0 Å².